The van der Waals surface area contributed by atoms with Gasteiger partial charge in [-0.3, -0.25) is 9.98 Å². The highest BCUT2D eigenvalue weighted by molar-refractivity contribution is 6.00. The molecule has 3 heterocycles. The maximum atomic E-state index is 9.66. The minimum Gasteiger partial charge on any atom is -0.394 e. The SMILES string of the molecule is CO[C@@H]1CCCC(c2cnc3cc(C(C)(C)C)n(C)c3n2)=N[C@H]1CO. The summed E-state index contributed by atoms with van der Waals surface area (Å²) in [6.07, 6.45) is 4.44. The van der Waals surface area contributed by atoms with E-state index in [9.17, 15) is 5.11 Å². The van der Waals surface area contributed by atoms with Gasteiger partial charge >= 0.3 is 0 Å². The van der Waals surface area contributed by atoms with E-state index in [-0.39, 0.29) is 24.2 Å². The topological polar surface area (TPSA) is 72.5 Å². The number of aliphatic hydroxyl groups is 1. The van der Waals surface area contributed by atoms with Gasteiger partial charge in [0.1, 0.15) is 11.2 Å². The van der Waals surface area contributed by atoms with Gasteiger partial charge in [0.15, 0.2) is 5.65 Å². The van der Waals surface area contributed by atoms with E-state index < -0.39 is 0 Å². The lowest BCUT2D eigenvalue weighted by atomic mass is 9.92. The molecule has 6 heteroatoms. The van der Waals surface area contributed by atoms with Crippen LogP contribution < -0.4 is 0 Å². The zero-order valence-electron chi connectivity index (χ0n) is 15.8. The minimum absolute atomic E-state index is 0.0179. The van der Waals surface area contributed by atoms with Crippen LogP contribution in [0.5, 0.6) is 0 Å². The standard InChI is InChI=1S/C19H28N4O2/c1-19(2,3)17-9-13-18(23(17)4)22-14(10-20-13)12-7-6-8-16(25-5)15(11-24)21-12/h9-10,15-16,24H,6-8,11H2,1-5H3/t15-,16+/m0/s1. The Hall–Kier alpha value is -1.79. The molecule has 25 heavy (non-hydrogen) atoms. The average molecular weight is 344 g/mol. The van der Waals surface area contributed by atoms with E-state index in [1.165, 1.54) is 5.69 Å². The van der Waals surface area contributed by atoms with Gasteiger partial charge in [0.05, 0.1) is 30.7 Å². The molecule has 0 unspecified atom stereocenters. The van der Waals surface area contributed by atoms with Crippen LogP contribution in [0, 0.1) is 0 Å². The highest BCUT2D eigenvalue weighted by Crippen LogP contribution is 2.27. The van der Waals surface area contributed by atoms with Crippen molar-refractivity contribution in [3.63, 3.8) is 0 Å². The second-order valence-corrected chi connectivity index (χ2v) is 7.79. The fraction of sp³-hybridized carbons (Fsp3) is 0.632. The van der Waals surface area contributed by atoms with Gasteiger partial charge in [0, 0.05) is 25.3 Å². The molecule has 1 N–H and O–H groups in total. The van der Waals surface area contributed by atoms with Gasteiger partial charge in [-0.1, -0.05) is 20.8 Å². The Bertz CT molecular complexity index is 789. The molecule has 0 bridgehead atoms. The Morgan fingerprint density at radius 1 is 1.36 bits per heavy atom. The van der Waals surface area contributed by atoms with Crippen LogP contribution in [0.15, 0.2) is 17.3 Å². The van der Waals surface area contributed by atoms with Crippen molar-refractivity contribution in [3.8, 4) is 0 Å². The van der Waals surface area contributed by atoms with Crippen molar-refractivity contribution in [2.75, 3.05) is 13.7 Å². The predicted molar refractivity (Wildman–Crippen MR) is 99.3 cm³/mol. The number of hydrogen-bond acceptors (Lipinski definition) is 5. The van der Waals surface area contributed by atoms with Gasteiger partial charge in [-0.25, -0.2) is 4.98 Å². The van der Waals surface area contributed by atoms with Gasteiger partial charge in [0.2, 0.25) is 0 Å². The first-order valence-corrected chi connectivity index (χ1v) is 8.88. The van der Waals surface area contributed by atoms with Crippen LogP contribution in [0.3, 0.4) is 0 Å². The molecule has 0 saturated carbocycles. The molecule has 2 aromatic rings. The molecule has 0 fully saturated rings. The van der Waals surface area contributed by atoms with Crippen molar-refractivity contribution in [1.82, 2.24) is 14.5 Å². The summed E-state index contributed by atoms with van der Waals surface area (Å²) in [5.74, 6) is 0. The van der Waals surface area contributed by atoms with Crippen molar-refractivity contribution in [1.29, 1.82) is 0 Å². The maximum Gasteiger partial charge on any atom is 0.159 e. The van der Waals surface area contributed by atoms with Crippen LogP contribution in [0.25, 0.3) is 11.2 Å². The second-order valence-electron chi connectivity index (χ2n) is 7.79. The summed E-state index contributed by atoms with van der Waals surface area (Å²) in [5.41, 5.74) is 4.72. The van der Waals surface area contributed by atoms with Crippen LogP contribution in [0.2, 0.25) is 0 Å². The zero-order chi connectivity index (χ0) is 18.2. The lowest BCUT2D eigenvalue weighted by Crippen LogP contribution is -2.29. The summed E-state index contributed by atoms with van der Waals surface area (Å²) in [4.78, 5) is 14.2. The highest BCUT2D eigenvalue weighted by atomic mass is 16.5. The van der Waals surface area contributed by atoms with Gasteiger partial charge in [-0.2, -0.15) is 0 Å². The van der Waals surface area contributed by atoms with Gasteiger partial charge in [-0.05, 0) is 25.3 Å². The number of hydrogen-bond donors (Lipinski definition) is 1. The first kappa shape index (κ1) is 18.0. The second kappa shape index (κ2) is 6.84. The Morgan fingerprint density at radius 3 is 2.76 bits per heavy atom. The minimum atomic E-state index is -0.237. The summed E-state index contributed by atoms with van der Waals surface area (Å²) in [5, 5.41) is 9.66. The molecule has 0 saturated heterocycles. The molecule has 1 aliphatic rings. The van der Waals surface area contributed by atoms with Crippen molar-refractivity contribution >= 4 is 16.9 Å². The molecule has 2 aromatic heterocycles. The third kappa shape index (κ3) is 3.46. The van der Waals surface area contributed by atoms with Gasteiger partial charge in [0.25, 0.3) is 0 Å². The van der Waals surface area contributed by atoms with E-state index in [1.54, 1.807) is 13.3 Å². The molecule has 0 radical (unpaired) electrons. The van der Waals surface area contributed by atoms with Crippen LogP contribution in [0.1, 0.15) is 51.4 Å². The number of aliphatic imine (C=N–C) groups is 1. The molecule has 0 aromatic carbocycles. The monoisotopic (exact) mass is 344 g/mol. The zero-order valence-corrected chi connectivity index (χ0v) is 15.8. The molecular weight excluding hydrogens is 316 g/mol. The van der Waals surface area contributed by atoms with Crippen LogP contribution >= 0.6 is 0 Å². The molecule has 2 atom stereocenters. The summed E-state index contributed by atoms with van der Waals surface area (Å²) in [7, 11) is 3.71. The number of ether oxygens (including phenoxy) is 1. The number of nitrogens with zero attached hydrogens (tertiary/aromatic N) is 4. The summed E-state index contributed by atoms with van der Waals surface area (Å²) < 4.78 is 7.60. The number of rotatable bonds is 3. The van der Waals surface area contributed by atoms with E-state index >= 15 is 0 Å². The Balaban J connectivity index is 2.04. The summed E-state index contributed by atoms with van der Waals surface area (Å²) >= 11 is 0. The van der Waals surface area contributed by atoms with Crippen molar-refractivity contribution in [2.24, 2.45) is 12.0 Å². The summed E-state index contributed by atoms with van der Waals surface area (Å²) in [6.45, 7) is 6.55. The first-order chi connectivity index (χ1) is 11.8. The lowest BCUT2D eigenvalue weighted by molar-refractivity contribution is 0.0552. The normalized spacial score (nSPS) is 22.1. The van der Waals surface area contributed by atoms with E-state index in [2.05, 4.69) is 36.4 Å². The van der Waals surface area contributed by atoms with Gasteiger partial charge < -0.3 is 14.4 Å². The number of aliphatic hydroxyl groups excluding tert-OH is 1. The largest absolute Gasteiger partial charge is 0.394 e. The molecular formula is C19H28N4O2. The molecule has 6 nitrogen and oxygen atoms in total. The molecule has 1 aliphatic heterocycles. The van der Waals surface area contributed by atoms with Gasteiger partial charge in [-0.15, -0.1) is 0 Å². The number of methoxy groups -OCH3 is 1. The van der Waals surface area contributed by atoms with Crippen LogP contribution in [-0.4, -0.2) is 51.2 Å². The third-order valence-corrected chi connectivity index (χ3v) is 4.94. The van der Waals surface area contributed by atoms with Crippen LogP contribution in [-0.2, 0) is 17.2 Å². The first-order valence-electron chi connectivity index (χ1n) is 8.88. The van der Waals surface area contributed by atoms with Crippen LogP contribution in [0.4, 0.5) is 0 Å². The molecule has 0 aliphatic carbocycles. The third-order valence-electron chi connectivity index (χ3n) is 4.94. The van der Waals surface area contributed by atoms with E-state index in [0.717, 1.165) is 41.8 Å². The molecule has 3 rings (SSSR count). The number of aryl methyl sites for hydroxylation is 1. The summed E-state index contributed by atoms with van der Waals surface area (Å²) in [6, 6.07) is 1.87. The van der Waals surface area contributed by atoms with Crippen molar-refractivity contribution in [2.45, 2.75) is 57.6 Å². The lowest BCUT2D eigenvalue weighted by Gasteiger charge is -2.19. The fourth-order valence-electron chi connectivity index (χ4n) is 3.57. The maximum absolute atomic E-state index is 9.66. The fourth-order valence-corrected chi connectivity index (χ4v) is 3.57. The molecule has 0 spiro atoms. The number of fused-ring (bicyclic) bond motifs is 1. The average Bonchev–Trinajstić information content (AvgIpc) is 2.79. The van der Waals surface area contributed by atoms with E-state index in [1.807, 2.05) is 7.05 Å². The molecule has 0 amide bonds. The van der Waals surface area contributed by atoms with Crippen molar-refractivity contribution in [3.05, 3.63) is 23.7 Å². The van der Waals surface area contributed by atoms with E-state index in [0.29, 0.717) is 0 Å². The van der Waals surface area contributed by atoms with E-state index in [4.69, 9.17) is 14.7 Å². The highest BCUT2D eigenvalue weighted by Gasteiger charge is 2.25. The molecule has 136 valence electrons. The number of aromatic nitrogens is 3. The predicted octanol–water partition coefficient (Wildman–Crippen LogP) is 2.61. The Labute approximate surface area is 149 Å². The smallest absolute Gasteiger partial charge is 0.159 e. The van der Waals surface area contributed by atoms with Crippen molar-refractivity contribution < 1.29 is 9.84 Å². The Morgan fingerprint density at radius 2 is 2.12 bits per heavy atom. The quantitative estimate of drug-likeness (QED) is 0.929. The Kier molecular flexibility index (Phi) is 4.93.